The molecule has 0 aliphatic heterocycles. The molecule has 0 spiro atoms. The Morgan fingerprint density at radius 3 is 2.27 bits per heavy atom. The Hall–Kier alpha value is -4.04. The molecule has 0 atom stereocenters. The van der Waals surface area contributed by atoms with Crippen LogP contribution >= 0.6 is 11.6 Å². The van der Waals surface area contributed by atoms with Gasteiger partial charge in [0.05, 0.1) is 11.1 Å². The molecule has 40 heavy (non-hydrogen) atoms. The number of carbonyl (C=O) groups is 1. The smallest absolute Gasteiger partial charge is 0.416 e. The van der Waals surface area contributed by atoms with Crippen molar-refractivity contribution in [3.8, 4) is 5.75 Å². The number of hydrogen-bond acceptors (Lipinski definition) is 3. The summed E-state index contributed by atoms with van der Waals surface area (Å²) in [4.78, 5) is 15.3. The van der Waals surface area contributed by atoms with Gasteiger partial charge in [-0.2, -0.15) is 13.2 Å². The third-order valence-corrected chi connectivity index (χ3v) is 6.54. The molecule has 0 bridgehead atoms. The molecule has 0 saturated carbocycles. The van der Waals surface area contributed by atoms with Gasteiger partial charge in [0.25, 0.3) is 5.91 Å². The second-order valence-corrected chi connectivity index (χ2v) is 9.61. The van der Waals surface area contributed by atoms with E-state index in [0.29, 0.717) is 27.6 Å². The van der Waals surface area contributed by atoms with Crippen LogP contribution in [0.2, 0.25) is 5.02 Å². The molecule has 1 N–H and O–H groups in total. The number of ether oxygens (including phenoxy) is 1. The summed E-state index contributed by atoms with van der Waals surface area (Å²) in [5.41, 5.74) is 2.31. The zero-order chi connectivity index (χ0) is 28.7. The number of alkyl halides is 3. The first-order valence-electron chi connectivity index (χ1n) is 12.5. The van der Waals surface area contributed by atoms with Gasteiger partial charge in [0.1, 0.15) is 18.2 Å². The number of nitrogens with zero attached hydrogens (tertiary/aromatic N) is 1. The van der Waals surface area contributed by atoms with Crippen molar-refractivity contribution in [2.75, 3.05) is 18.9 Å². The molecule has 1 amide bonds. The van der Waals surface area contributed by atoms with Gasteiger partial charge in [-0.1, -0.05) is 54.1 Å². The summed E-state index contributed by atoms with van der Waals surface area (Å²) < 4.78 is 58.5. The van der Waals surface area contributed by atoms with Crippen molar-refractivity contribution in [1.82, 2.24) is 4.90 Å². The second kappa shape index (κ2) is 12.9. The van der Waals surface area contributed by atoms with Crippen LogP contribution in [0, 0.1) is 5.82 Å². The molecule has 4 aromatic rings. The van der Waals surface area contributed by atoms with Crippen molar-refractivity contribution >= 4 is 23.2 Å². The minimum absolute atomic E-state index is 0.179. The fourth-order valence-electron chi connectivity index (χ4n) is 4.16. The van der Waals surface area contributed by atoms with Crippen LogP contribution in [0.3, 0.4) is 0 Å². The predicted molar refractivity (Wildman–Crippen MR) is 148 cm³/mol. The maximum atomic E-state index is 13.7. The van der Waals surface area contributed by atoms with Crippen LogP contribution in [0.5, 0.6) is 5.75 Å². The highest BCUT2D eigenvalue weighted by Crippen LogP contribution is 2.30. The number of benzene rings is 4. The first kappa shape index (κ1) is 29.0. The Kier molecular flexibility index (Phi) is 9.32. The van der Waals surface area contributed by atoms with Gasteiger partial charge in [-0.15, -0.1) is 0 Å². The summed E-state index contributed by atoms with van der Waals surface area (Å²) in [6.45, 7) is 0.660. The van der Waals surface area contributed by atoms with E-state index in [1.165, 1.54) is 18.2 Å². The van der Waals surface area contributed by atoms with Crippen molar-refractivity contribution in [3.63, 3.8) is 0 Å². The Morgan fingerprint density at radius 1 is 0.900 bits per heavy atom. The Morgan fingerprint density at radius 2 is 1.60 bits per heavy atom. The number of amides is 1. The number of hydrogen-bond donors (Lipinski definition) is 1. The third-order valence-electron chi connectivity index (χ3n) is 6.31. The molecule has 0 aliphatic carbocycles. The highest BCUT2D eigenvalue weighted by Gasteiger charge is 2.30. The fourth-order valence-corrected chi connectivity index (χ4v) is 4.33. The summed E-state index contributed by atoms with van der Waals surface area (Å²) in [5, 5.41) is 3.38. The monoisotopic (exact) mass is 570 g/mol. The number of nitrogens with one attached hydrogen (secondary N) is 1. The van der Waals surface area contributed by atoms with E-state index < -0.39 is 11.7 Å². The van der Waals surface area contributed by atoms with E-state index in [-0.39, 0.29) is 37.8 Å². The van der Waals surface area contributed by atoms with Crippen LogP contribution in [0.4, 0.5) is 23.2 Å². The topological polar surface area (TPSA) is 41.6 Å². The molecule has 9 heteroatoms. The minimum Gasteiger partial charge on any atom is -0.489 e. The Balaban J connectivity index is 1.52. The van der Waals surface area contributed by atoms with Crippen molar-refractivity contribution in [3.05, 3.63) is 130 Å². The maximum Gasteiger partial charge on any atom is 0.416 e. The van der Waals surface area contributed by atoms with E-state index in [1.807, 2.05) is 12.1 Å². The van der Waals surface area contributed by atoms with Crippen molar-refractivity contribution in [1.29, 1.82) is 0 Å². The van der Waals surface area contributed by atoms with Crippen LogP contribution < -0.4 is 10.1 Å². The van der Waals surface area contributed by atoms with Crippen LogP contribution in [0.15, 0.2) is 91.0 Å². The first-order valence-corrected chi connectivity index (χ1v) is 12.9. The summed E-state index contributed by atoms with van der Waals surface area (Å²) in [5.74, 6) is -0.0300. The summed E-state index contributed by atoms with van der Waals surface area (Å²) in [6, 6.07) is 23.3. The van der Waals surface area contributed by atoms with E-state index in [4.69, 9.17) is 16.3 Å². The van der Waals surface area contributed by atoms with Crippen molar-refractivity contribution in [2.24, 2.45) is 0 Å². The van der Waals surface area contributed by atoms with Gasteiger partial charge >= 0.3 is 6.18 Å². The maximum absolute atomic E-state index is 13.7. The van der Waals surface area contributed by atoms with E-state index in [0.717, 1.165) is 23.3 Å². The molecule has 208 valence electrons. The zero-order valence-electron chi connectivity index (χ0n) is 21.6. The van der Waals surface area contributed by atoms with Gasteiger partial charge in [-0.3, -0.25) is 4.79 Å². The molecular formula is C31H27ClF4N2O2. The van der Waals surface area contributed by atoms with Gasteiger partial charge in [0.15, 0.2) is 0 Å². The van der Waals surface area contributed by atoms with Gasteiger partial charge in [0.2, 0.25) is 0 Å². The van der Waals surface area contributed by atoms with Gasteiger partial charge in [-0.05, 0) is 71.6 Å². The largest absolute Gasteiger partial charge is 0.489 e. The lowest BCUT2D eigenvalue weighted by atomic mass is 10.1. The number of halogens is 5. The van der Waals surface area contributed by atoms with E-state index in [2.05, 4.69) is 5.32 Å². The number of carbonyl (C=O) groups excluding carboxylic acids is 1. The molecule has 4 aromatic carbocycles. The molecule has 0 heterocycles. The SMILES string of the molecule is CNc1ccc(Cl)cc1C(=O)N(CCc1cccc(C(F)(F)F)c1)Cc1ccc(OCc2ccc(F)cc2)cc1. The molecule has 0 saturated heterocycles. The summed E-state index contributed by atoms with van der Waals surface area (Å²) >= 11 is 6.18. The van der Waals surface area contributed by atoms with Crippen LogP contribution in [-0.4, -0.2) is 24.4 Å². The van der Waals surface area contributed by atoms with Crippen LogP contribution in [0.1, 0.15) is 32.6 Å². The quantitative estimate of drug-likeness (QED) is 0.196. The molecular weight excluding hydrogens is 544 g/mol. The Labute approximate surface area is 235 Å². The highest BCUT2D eigenvalue weighted by atomic mass is 35.5. The lowest BCUT2D eigenvalue weighted by molar-refractivity contribution is -0.137. The lowest BCUT2D eigenvalue weighted by Crippen LogP contribution is -2.33. The third kappa shape index (κ3) is 7.76. The normalized spacial score (nSPS) is 11.2. The standard InChI is InChI=1S/C31H27ClF4N2O2/c1-37-29-14-9-25(32)18-28(29)30(39)38(16-15-21-3-2-4-24(17-21)31(34,35)36)19-22-7-12-27(13-8-22)40-20-23-5-10-26(33)11-6-23/h2-14,17-18,37H,15-16,19-20H2,1H3. The van der Waals surface area contributed by atoms with E-state index in [1.54, 1.807) is 60.5 Å². The van der Waals surface area contributed by atoms with E-state index in [9.17, 15) is 22.4 Å². The predicted octanol–water partition coefficient (Wildman–Crippen LogP) is 8.00. The summed E-state index contributed by atoms with van der Waals surface area (Å²) in [7, 11) is 1.69. The average Bonchev–Trinajstić information content (AvgIpc) is 2.95. The zero-order valence-corrected chi connectivity index (χ0v) is 22.4. The minimum atomic E-state index is -4.45. The van der Waals surface area contributed by atoms with Crippen LogP contribution in [0.25, 0.3) is 0 Å². The molecule has 4 nitrogen and oxygen atoms in total. The molecule has 0 aliphatic rings. The molecule has 0 fully saturated rings. The molecule has 0 unspecified atom stereocenters. The molecule has 4 rings (SSSR count). The lowest BCUT2D eigenvalue weighted by Gasteiger charge is -2.25. The molecule has 0 radical (unpaired) electrons. The first-order chi connectivity index (χ1) is 19.1. The number of anilines is 1. The van der Waals surface area contributed by atoms with Crippen molar-refractivity contribution < 1.29 is 27.1 Å². The molecule has 0 aromatic heterocycles. The number of rotatable bonds is 10. The van der Waals surface area contributed by atoms with Gasteiger partial charge < -0.3 is 15.0 Å². The Bertz CT molecular complexity index is 1440. The van der Waals surface area contributed by atoms with Crippen LogP contribution in [-0.2, 0) is 25.7 Å². The highest BCUT2D eigenvalue weighted by molar-refractivity contribution is 6.31. The average molecular weight is 571 g/mol. The van der Waals surface area contributed by atoms with Gasteiger partial charge in [0, 0.05) is 30.8 Å². The van der Waals surface area contributed by atoms with Gasteiger partial charge in [-0.25, -0.2) is 4.39 Å². The fraction of sp³-hybridized carbons (Fsp3) is 0.194. The summed E-state index contributed by atoms with van der Waals surface area (Å²) in [6.07, 6.45) is -4.22. The van der Waals surface area contributed by atoms with Crippen molar-refractivity contribution in [2.45, 2.75) is 25.7 Å². The van der Waals surface area contributed by atoms with E-state index >= 15 is 0 Å². The second-order valence-electron chi connectivity index (χ2n) is 9.17.